The van der Waals surface area contributed by atoms with Crippen LogP contribution in [0.1, 0.15) is 25.5 Å². The van der Waals surface area contributed by atoms with E-state index in [1.54, 1.807) is 6.07 Å². The van der Waals surface area contributed by atoms with Crippen LogP contribution in [0, 0.1) is 5.82 Å². The van der Waals surface area contributed by atoms with Gasteiger partial charge < -0.3 is 4.57 Å². The second-order valence-corrected chi connectivity index (χ2v) is 7.11. The van der Waals surface area contributed by atoms with Crippen LogP contribution >= 0.6 is 11.8 Å². The number of fused-ring (bicyclic) bond motifs is 3. The molecule has 0 saturated heterocycles. The third-order valence-corrected chi connectivity index (χ3v) is 4.98. The maximum atomic E-state index is 13.3. The van der Waals surface area contributed by atoms with Crippen molar-refractivity contribution in [3.63, 3.8) is 0 Å². The Labute approximate surface area is 149 Å². The molecule has 25 heavy (non-hydrogen) atoms. The summed E-state index contributed by atoms with van der Waals surface area (Å²) in [7, 11) is 0. The number of hydrogen-bond acceptors (Lipinski definition) is 4. The SMILES string of the molecule is CC(C)n1c2ccccc2c2nnc(SCc3cccc(F)c3)nc21. The average Bonchev–Trinajstić information content (AvgIpc) is 2.94. The summed E-state index contributed by atoms with van der Waals surface area (Å²) >= 11 is 1.46. The van der Waals surface area contributed by atoms with Crippen LogP contribution in [0.3, 0.4) is 0 Å². The van der Waals surface area contributed by atoms with Gasteiger partial charge in [0.2, 0.25) is 5.16 Å². The summed E-state index contributed by atoms with van der Waals surface area (Å²) in [6, 6.07) is 15.0. The van der Waals surface area contributed by atoms with Crippen molar-refractivity contribution < 1.29 is 4.39 Å². The number of hydrogen-bond donors (Lipinski definition) is 0. The Morgan fingerprint density at radius 1 is 1.08 bits per heavy atom. The van der Waals surface area contributed by atoms with Crippen LogP contribution in [0.25, 0.3) is 22.1 Å². The standard InChI is InChI=1S/C19H17FN4S/c1-12(2)24-16-9-4-3-8-15(16)17-18(24)21-19(23-22-17)25-11-13-6-5-7-14(20)10-13/h3-10,12H,11H2,1-2H3. The van der Waals surface area contributed by atoms with Crippen molar-refractivity contribution in [2.24, 2.45) is 0 Å². The maximum absolute atomic E-state index is 13.3. The Balaban J connectivity index is 1.74. The first-order valence-corrected chi connectivity index (χ1v) is 9.12. The third-order valence-electron chi connectivity index (χ3n) is 4.07. The predicted molar refractivity (Wildman–Crippen MR) is 99.2 cm³/mol. The molecule has 0 aliphatic heterocycles. The van der Waals surface area contributed by atoms with Crippen molar-refractivity contribution in [1.82, 2.24) is 19.7 Å². The van der Waals surface area contributed by atoms with Crippen LogP contribution in [0.4, 0.5) is 4.39 Å². The first-order valence-electron chi connectivity index (χ1n) is 8.14. The smallest absolute Gasteiger partial charge is 0.211 e. The lowest BCUT2D eigenvalue weighted by atomic mass is 10.2. The summed E-state index contributed by atoms with van der Waals surface area (Å²) < 4.78 is 15.5. The molecule has 0 atom stereocenters. The number of halogens is 1. The van der Waals surface area contributed by atoms with Crippen molar-refractivity contribution in [3.05, 3.63) is 59.9 Å². The highest BCUT2D eigenvalue weighted by molar-refractivity contribution is 7.98. The van der Waals surface area contributed by atoms with Crippen LogP contribution in [-0.4, -0.2) is 19.7 Å². The van der Waals surface area contributed by atoms with Gasteiger partial charge in [-0.2, -0.15) is 0 Å². The zero-order chi connectivity index (χ0) is 17.4. The van der Waals surface area contributed by atoms with Crippen molar-refractivity contribution >= 4 is 33.8 Å². The highest BCUT2D eigenvalue weighted by Crippen LogP contribution is 2.30. The number of rotatable bonds is 4. The summed E-state index contributed by atoms with van der Waals surface area (Å²) in [5.74, 6) is 0.375. The van der Waals surface area contributed by atoms with E-state index >= 15 is 0 Å². The molecule has 0 unspecified atom stereocenters. The molecular formula is C19H17FN4S. The van der Waals surface area contributed by atoms with Gasteiger partial charge in [0.25, 0.3) is 0 Å². The maximum Gasteiger partial charge on any atom is 0.211 e. The normalized spacial score (nSPS) is 11.7. The lowest BCUT2D eigenvalue weighted by Crippen LogP contribution is -2.03. The monoisotopic (exact) mass is 352 g/mol. The first-order chi connectivity index (χ1) is 12.1. The summed E-state index contributed by atoms with van der Waals surface area (Å²) in [5, 5.41) is 10.3. The molecule has 0 amide bonds. The second-order valence-electron chi connectivity index (χ2n) is 6.17. The van der Waals surface area contributed by atoms with Crippen molar-refractivity contribution in [1.29, 1.82) is 0 Å². The van der Waals surface area contributed by atoms with E-state index in [-0.39, 0.29) is 11.9 Å². The molecule has 2 aromatic carbocycles. The van der Waals surface area contributed by atoms with Crippen LogP contribution in [-0.2, 0) is 5.75 Å². The molecule has 126 valence electrons. The highest BCUT2D eigenvalue weighted by atomic mass is 32.2. The Morgan fingerprint density at radius 2 is 1.92 bits per heavy atom. The number of aromatic nitrogens is 4. The topological polar surface area (TPSA) is 43.6 Å². The molecular weight excluding hydrogens is 335 g/mol. The lowest BCUT2D eigenvalue weighted by molar-refractivity contribution is 0.626. The number of thioether (sulfide) groups is 1. The van der Waals surface area contributed by atoms with E-state index in [9.17, 15) is 4.39 Å². The highest BCUT2D eigenvalue weighted by Gasteiger charge is 2.16. The van der Waals surface area contributed by atoms with Gasteiger partial charge in [0.05, 0.1) is 5.52 Å². The molecule has 0 N–H and O–H groups in total. The van der Waals surface area contributed by atoms with Gasteiger partial charge in [-0.1, -0.05) is 42.1 Å². The van der Waals surface area contributed by atoms with Crippen LogP contribution < -0.4 is 0 Å². The molecule has 0 spiro atoms. The van der Waals surface area contributed by atoms with Crippen molar-refractivity contribution in [2.45, 2.75) is 30.8 Å². The van der Waals surface area contributed by atoms with Crippen molar-refractivity contribution in [3.8, 4) is 0 Å². The zero-order valence-corrected chi connectivity index (χ0v) is 14.8. The number of benzene rings is 2. The van der Waals surface area contributed by atoms with Crippen LogP contribution in [0.5, 0.6) is 0 Å². The molecule has 4 aromatic rings. The Hall–Kier alpha value is -2.47. The summed E-state index contributed by atoms with van der Waals surface area (Å²) in [6.45, 7) is 4.26. The van der Waals surface area contributed by atoms with Gasteiger partial charge in [-0.3, -0.25) is 0 Å². The van der Waals surface area contributed by atoms with E-state index < -0.39 is 0 Å². The third kappa shape index (κ3) is 2.98. The molecule has 6 heteroatoms. The average molecular weight is 352 g/mol. The van der Waals surface area contributed by atoms with Crippen LogP contribution in [0.2, 0.25) is 0 Å². The molecule has 0 aliphatic carbocycles. The fourth-order valence-corrected chi connectivity index (χ4v) is 3.73. The Kier molecular flexibility index (Phi) is 4.13. The second kappa shape index (κ2) is 6.44. The van der Waals surface area contributed by atoms with Gasteiger partial charge in [0.1, 0.15) is 11.3 Å². The molecule has 0 bridgehead atoms. The fourth-order valence-electron chi connectivity index (χ4n) is 3.00. The number of para-hydroxylation sites is 1. The minimum Gasteiger partial charge on any atom is -0.321 e. The summed E-state index contributed by atoms with van der Waals surface area (Å²) in [4.78, 5) is 4.73. The van der Waals surface area contributed by atoms with E-state index in [1.165, 1.54) is 23.9 Å². The molecule has 4 rings (SSSR count). The van der Waals surface area contributed by atoms with Gasteiger partial charge >= 0.3 is 0 Å². The minimum atomic E-state index is -0.229. The van der Waals surface area contributed by atoms with E-state index in [1.807, 2.05) is 24.3 Å². The number of nitrogens with zero attached hydrogens (tertiary/aromatic N) is 4. The predicted octanol–water partition coefficient (Wildman–Crippen LogP) is 4.99. The quantitative estimate of drug-likeness (QED) is 0.485. The molecule has 2 heterocycles. The molecule has 0 fully saturated rings. The largest absolute Gasteiger partial charge is 0.321 e. The molecule has 4 nitrogen and oxygen atoms in total. The zero-order valence-electron chi connectivity index (χ0n) is 14.0. The fraction of sp³-hybridized carbons (Fsp3) is 0.211. The van der Waals surface area contributed by atoms with Gasteiger partial charge in [0, 0.05) is 17.2 Å². The molecule has 0 saturated carbocycles. The van der Waals surface area contributed by atoms with Gasteiger partial charge in [-0.15, -0.1) is 10.2 Å². The van der Waals surface area contributed by atoms with E-state index in [0.717, 1.165) is 27.6 Å². The molecule has 2 aromatic heterocycles. The van der Waals surface area contributed by atoms with Gasteiger partial charge in [-0.25, -0.2) is 9.37 Å². The van der Waals surface area contributed by atoms with Crippen molar-refractivity contribution in [2.75, 3.05) is 0 Å². The summed E-state index contributed by atoms with van der Waals surface area (Å²) in [6.07, 6.45) is 0. The van der Waals surface area contributed by atoms with E-state index in [2.05, 4.69) is 34.7 Å². The first kappa shape index (κ1) is 16.0. The van der Waals surface area contributed by atoms with Gasteiger partial charge in [-0.05, 0) is 37.6 Å². The van der Waals surface area contributed by atoms with Crippen LogP contribution in [0.15, 0.2) is 53.7 Å². The summed E-state index contributed by atoms with van der Waals surface area (Å²) in [5.41, 5.74) is 3.67. The minimum absolute atomic E-state index is 0.229. The van der Waals surface area contributed by atoms with Gasteiger partial charge in [0.15, 0.2) is 5.65 Å². The molecule has 0 radical (unpaired) electrons. The van der Waals surface area contributed by atoms with E-state index in [4.69, 9.17) is 4.98 Å². The molecule has 0 aliphatic rings. The Bertz CT molecular complexity index is 1060. The Morgan fingerprint density at radius 3 is 2.72 bits per heavy atom. The lowest BCUT2D eigenvalue weighted by Gasteiger charge is -2.10. The van der Waals surface area contributed by atoms with E-state index in [0.29, 0.717) is 10.9 Å².